The first kappa shape index (κ1) is 13.2. The van der Waals surface area contributed by atoms with Gasteiger partial charge in [0.05, 0.1) is 6.61 Å². The fraction of sp³-hybridized carbons (Fsp3) is 0.647. The van der Waals surface area contributed by atoms with Crippen LogP contribution in [0, 0.1) is 5.41 Å². The van der Waals surface area contributed by atoms with Crippen LogP contribution in [0.3, 0.4) is 0 Å². The molecule has 2 heterocycles. The Morgan fingerprint density at radius 2 is 2.20 bits per heavy atom. The number of fused-ring (bicyclic) bond motifs is 1. The Kier molecular flexibility index (Phi) is 3.53. The van der Waals surface area contributed by atoms with Gasteiger partial charge in [0, 0.05) is 35.3 Å². The second kappa shape index (κ2) is 5.36. The number of ether oxygens (including phenoxy) is 1. The molecule has 0 bridgehead atoms. The molecule has 1 aliphatic carbocycles. The van der Waals surface area contributed by atoms with Crippen LogP contribution in [0.5, 0.6) is 0 Å². The van der Waals surface area contributed by atoms with Crippen LogP contribution >= 0.6 is 11.8 Å². The smallest absolute Gasteiger partial charge is 0.0535 e. The van der Waals surface area contributed by atoms with Gasteiger partial charge < -0.3 is 10.1 Å². The van der Waals surface area contributed by atoms with E-state index < -0.39 is 0 Å². The molecule has 2 atom stereocenters. The Morgan fingerprint density at radius 3 is 3.00 bits per heavy atom. The molecule has 108 valence electrons. The lowest BCUT2D eigenvalue weighted by molar-refractivity contribution is 0.140. The van der Waals surface area contributed by atoms with Gasteiger partial charge in [-0.15, -0.1) is 11.8 Å². The van der Waals surface area contributed by atoms with Gasteiger partial charge in [-0.3, -0.25) is 0 Å². The second-order valence-electron chi connectivity index (χ2n) is 6.71. The zero-order valence-corrected chi connectivity index (χ0v) is 12.8. The van der Waals surface area contributed by atoms with E-state index in [1.165, 1.54) is 36.3 Å². The summed E-state index contributed by atoms with van der Waals surface area (Å²) in [6.07, 6.45) is 5.27. The molecule has 0 radical (unpaired) electrons. The second-order valence-corrected chi connectivity index (χ2v) is 7.77. The van der Waals surface area contributed by atoms with Gasteiger partial charge in [0.1, 0.15) is 0 Å². The summed E-state index contributed by atoms with van der Waals surface area (Å²) in [7, 11) is 0. The molecule has 0 amide bonds. The van der Waals surface area contributed by atoms with E-state index in [9.17, 15) is 0 Å². The Labute approximate surface area is 125 Å². The third-order valence-electron chi connectivity index (χ3n) is 5.01. The molecule has 3 heteroatoms. The highest BCUT2D eigenvalue weighted by Gasteiger charge is 2.40. The molecule has 20 heavy (non-hydrogen) atoms. The molecule has 4 rings (SSSR count). The average molecular weight is 289 g/mol. The molecule has 1 aromatic carbocycles. The Balaban J connectivity index is 1.48. The van der Waals surface area contributed by atoms with Crippen LogP contribution in [0.4, 0.5) is 0 Å². The molecule has 2 unspecified atom stereocenters. The van der Waals surface area contributed by atoms with Crippen molar-refractivity contribution >= 4 is 11.8 Å². The zero-order valence-electron chi connectivity index (χ0n) is 11.9. The first-order valence-corrected chi connectivity index (χ1v) is 8.86. The lowest BCUT2D eigenvalue weighted by Crippen LogP contribution is -2.37. The Hall–Kier alpha value is -0.510. The van der Waals surface area contributed by atoms with Crippen LogP contribution in [0.25, 0.3) is 0 Å². The van der Waals surface area contributed by atoms with Gasteiger partial charge in [-0.05, 0) is 43.2 Å². The maximum absolute atomic E-state index is 5.76. The minimum Gasteiger partial charge on any atom is -0.381 e. The zero-order chi connectivity index (χ0) is 13.4. The lowest BCUT2D eigenvalue weighted by Gasteiger charge is -2.31. The summed E-state index contributed by atoms with van der Waals surface area (Å²) >= 11 is 2.03. The standard InChI is InChI=1S/C17H23NOS/c1-2-4-16-15(3-1)13(10-20-16)9-17(7-8-19-12-17)11-18-14-5-6-14/h1-4,13-14,18H,5-12H2. The van der Waals surface area contributed by atoms with Crippen molar-refractivity contribution in [2.45, 2.75) is 42.5 Å². The fourth-order valence-electron chi connectivity index (χ4n) is 3.59. The first-order valence-electron chi connectivity index (χ1n) is 7.88. The van der Waals surface area contributed by atoms with Gasteiger partial charge >= 0.3 is 0 Å². The van der Waals surface area contributed by atoms with Crippen LogP contribution in [-0.4, -0.2) is 31.6 Å². The topological polar surface area (TPSA) is 21.3 Å². The van der Waals surface area contributed by atoms with Crippen molar-refractivity contribution in [3.05, 3.63) is 29.8 Å². The van der Waals surface area contributed by atoms with Crippen LogP contribution in [0.2, 0.25) is 0 Å². The van der Waals surface area contributed by atoms with Crippen molar-refractivity contribution in [3.63, 3.8) is 0 Å². The van der Waals surface area contributed by atoms with E-state index in [0.717, 1.165) is 31.7 Å². The van der Waals surface area contributed by atoms with Gasteiger partial charge in [0.25, 0.3) is 0 Å². The highest BCUT2D eigenvalue weighted by atomic mass is 32.2. The van der Waals surface area contributed by atoms with Crippen LogP contribution in [0.15, 0.2) is 29.2 Å². The molecule has 2 fully saturated rings. The molecule has 1 aromatic rings. The van der Waals surface area contributed by atoms with Crippen LogP contribution in [-0.2, 0) is 4.74 Å². The molecule has 3 aliphatic rings. The summed E-state index contributed by atoms with van der Waals surface area (Å²) in [6.45, 7) is 3.06. The number of benzene rings is 1. The van der Waals surface area contributed by atoms with Gasteiger partial charge in [0.15, 0.2) is 0 Å². The third kappa shape index (κ3) is 2.63. The molecule has 0 spiro atoms. The van der Waals surface area contributed by atoms with Gasteiger partial charge in [-0.2, -0.15) is 0 Å². The van der Waals surface area contributed by atoms with Crippen molar-refractivity contribution in [2.75, 3.05) is 25.5 Å². The maximum Gasteiger partial charge on any atom is 0.0535 e. The highest BCUT2D eigenvalue weighted by Crippen LogP contribution is 2.47. The predicted octanol–water partition coefficient (Wildman–Crippen LogP) is 3.42. The first-order chi connectivity index (χ1) is 9.85. The number of hydrogen-bond donors (Lipinski definition) is 1. The molecule has 0 aromatic heterocycles. The van der Waals surface area contributed by atoms with Crippen molar-refractivity contribution < 1.29 is 4.74 Å². The maximum atomic E-state index is 5.76. The van der Waals surface area contributed by atoms with Gasteiger partial charge in [0.2, 0.25) is 0 Å². The molecular weight excluding hydrogens is 266 g/mol. The summed E-state index contributed by atoms with van der Waals surface area (Å²) in [4.78, 5) is 1.50. The van der Waals surface area contributed by atoms with Crippen molar-refractivity contribution in [3.8, 4) is 0 Å². The molecule has 1 N–H and O–H groups in total. The minimum atomic E-state index is 0.380. The van der Waals surface area contributed by atoms with Crippen molar-refractivity contribution in [2.24, 2.45) is 5.41 Å². The van der Waals surface area contributed by atoms with Crippen LogP contribution < -0.4 is 5.32 Å². The van der Waals surface area contributed by atoms with Crippen LogP contribution in [0.1, 0.15) is 37.2 Å². The normalized spacial score (nSPS) is 32.5. The number of thioether (sulfide) groups is 1. The summed E-state index contributed by atoms with van der Waals surface area (Å²) in [5, 5.41) is 3.75. The lowest BCUT2D eigenvalue weighted by atomic mass is 9.77. The largest absolute Gasteiger partial charge is 0.381 e. The highest BCUT2D eigenvalue weighted by molar-refractivity contribution is 7.99. The quantitative estimate of drug-likeness (QED) is 0.897. The number of nitrogens with one attached hydrogen (secondary N) is 1. The van der Waals surface area contributed by atoms with E-state index in [0.29, 0.717) is 5.41 Å². The Morgan fingerprint density at radius 1 is 1.30 bits per heavy atom. The van der Waals surface area contributed by atoms with Crippen molar-refractivity contribution in [1.29, 1.82) is 0 Å². The fourth-order valence-corrected chi connectivity index (χ4v) is 4.85. The van der Waals surface area contributed by atoms with E-state index in [-0.39, 0.29) is 0 Å². The van der Waals surface area contributed by atoms with E-state index in [1.54, 1.807) is 5.56 Å². The molecule has 1 saturated heterocycles. The monoisotopic (exact) mass is 289 g/mol. The number of rotatable bonds is 5. The van der Waals surface area contributed by atoms with E-state index >= 15 is 0 Å². The summed E-state index contributed by atoms with van der Waals surface area (Å²) in [5.41, 5.74) is 1.96. The molecule has 2 nitrogen and oxygen atoms in total. The third-order valence-corrected chi connectivity index (χ3v) is 6.26. The summed E-state index contributed by atoms with van der Waals surface area (Å²) < 4.78 is 5.76. The Bertz CT molecular complexity index is 480. The van der Waals surface area contributed by atoms with E-state index in [4.69, 9.17) is 4.74 Å². The van der Waals surface area contributed by atoms with E-state index in [1.807, 2.05) is 11.8 Å². The number of hydrogen-bond acceptors (Lipinski definition) is 3. The SMILES string of the molecule is c1ccc2c(c1)SCC2CC1(CNC2CC2)CCOC1. The van der Waals surface area contributed by atoms with Crippen molar-refractivity contribution in [1.82, 2.24) is 5.32 Å². The molecule has 1 saturated carbocycles. The average Bonchev–Trinajstić information content (AvgIpc) is 3.07. The van der Waals surface area contributed by atoms with Gasteiger partial charge in [-0.25, -0.2) is 0 Å². The minimum absolute atomic E-state index is 0.380. The van der Waals surface area contributed by atoms with Gasteiger partial charge in [-0.1, -0.05) is 18.2 Å². The van der Waals surface area contributed by atoms with E-state index in [2.05, 4.69) is 29.6 Å². The molecule has 2 aliphatic heterocycles. The summed E-state index contributed by atoms with van der Waals surface area (Å²) in [5.74, 6) is 1.98. The predicted molar refractivity (Wildman–Crippen MR) is 83.4 cm³/mol. The summed E-state index contributed by atoms with van der Waals surface area (Å²) in [6, 6.07) is 9.77. The molecular formula is C17H23NOS.